The van der Waals surface area contributed by atoms with Crippen LogP contribution in [0.2, 0.25) is 0 Å². The van der Waals surface area contributed by atoms with Gasteiger partial charge in [-0.25, -0.2) is 0 Å². The largest absolute Gasteiger partial charge is 0.390 e. The highest BCUT2D eigenvalue weighted by atomic mass is 16.5. The Morgan fingerprint density at radius 2 is 1.23 bits per heavy atom. The molecule has 31 heavy (non-hydrogen) atoms. The molecule has 1 aliphatic rings. The van der Waals surface area contributed by atoms with Gasteiger partial charge in [0.15, 0.2) is 0 Å². The fraction of sp³-hybridized carbons (Fsp3) is 0.692. The van der Waals surface area contributed by atoms with E-state index in [4.69, 9.17) is 4.74 Å². The van der Waals surface area contributed by atoms with Gasteiger partial charge in [0.05, 0.1) is 29.9 Å². The lowest BCUT2D eigenvalue weighted by molar-refractivity contribution is -0.0346. The molecule has 1 aliphatic heterocycles. The summed E-state index contributed by atoms with van der Waals surface area (Å²) in [5.74, 6) is -0.374. The summed E-state index contributed by atoms with van der Waals surface area (Å²) in [6, 6.07) is 7.03. The van der Waals surface area contributed by atoms with Crippen molar-refractivity contribution >= 4 is 11.8 Å². The summed E-state index contributed by atoms with van der Waals surface area (Å²) in [5, 5.41) is 10.1. The summed E-state index contributed by atoms with van der Waals surface area (Å²) in [4.78, 5) is 26.6. The van der Waals surface area contributed by atoms with Crippen molar-refractivity contribution < 1.29 is 19.4 Å². The average Bonchev–Trinajstić information content (AvgIpc) is 2.81. The van der Waals surface area contributed by atoms with E-state index in [0.29, 0.717) is 37.3 Å². The van der Waals surface area contributed by atoms with Gasteiger partial charge in [-0.1, -0.05) is 53.7 Å². The Balaban J connectivity index is 1.87. The van der Waals surface area contributed by atoms with Gasteiger partial charge in [-0.15, -0.1) is 0 Å². The quantitative estimate of drug-likeness (QED) is 0.482. The molecule has 1 heterocycles. The number of aliphatic hydroxyl groups is 1. The van der Waals surface area contributed by atoms with Gasteiger partial charge < -0.3 is 9.84 Å². The zero-order valence-electron chi connectivity index (χ0n) is 20.7. The highest BCUT2D eigenvalue weighted by Crippen LogP contribution is 2.38. The predicted molar refractivity (Wildman–Crippen MR) is 124 cm³/mol. The number of ether oxygens (including phenoxy) is 1. The smallest absolute Gasteiger partial charge is 0.261 e. The van der Waals surface area contributed by atoms with E-state index >= 15 is 0 Å². The van der Waals surface area contributed by atoms with Gasteiger partial charge in [0, 0.05) is 6.54 Å². The first kappa shape index (κ1) is 25.5. The van der Waals surface area contributed by atoms with Crippen LogP contribution in [0.25, 0.3) is 0 Å². The number of nitrogens with zero attached hydrogens (tertiary/aromatic N) is 1. The topological polar surface area (TPSA) is 66.8 Å². The minimum absolute atomic E-state index is 0.0453. The number of fused-ring (bicyclic) bond motifs is 1. The fourth-order valence-corrected chi connectivity index (χ4v) is 5.12. The zero-order valence-corrected chi connectivity index (χ0v) is 20.7. The van der Waals surface area contributed by atoms with Crippen LogP contribution in [0.3, 0.4) is 0 Å². The van der Waals surface area contributed by atoms with E-state index < -0.39 is 5.60 Å². The number of amides is 2. The van der Waals surface area contributed by atoms with Gasteiger partial charge in [0.25, 0.3) is 11.8 Å². The lowest BCUT2D eigenvalue weighted by atomic mass is 9.73. The Morgan fingerprint density at radius 1 is 0.774 bits per heavy atom. The molecule has 0 fully saturated rings. The molecule has 0 saturated carbocycles. The zero-order chi connectivity index (χ0) is 23.7. The molecule has 5 heteroatoms. The minimum Gasteiger partial charge on any atom is -0.390 e. The summed E-state index contributed by atoms with van der Waals surface area (Å²) in [5.41, 5.74) is 0.102. The number of rotatable bonds is 11. The number of benzene rings is 1. The van der Waals surface area contributed by atoms with Crippen LogP contribution in [0, 0.1) is 16.2 Å². The summed E-state index contributed by atoms with van der Waals surface area (Å²) >= 11 is 0. The Morgan fingerprint density at radius 3 is 1.68 bits per heavy atom. The van der Waals surface area contributed by atoms with Crippen molar-refractivity contribution in [3.05, 3.63) is 35.4 Å². The van der Waals surface area contributed by atoms with Crippen molar-refractivity contribution in [2.24, 2.45) is 16.2 Å². The van der Waals surface area contributed by atoms with E-state index in [0.717, 1.165) is 12.8 Å². The molecule has 0 aliphatic carbocycles. The lowest BCUT2D eigenvalue weighted by Crippen LogP contribution is -2.36. The predicted octanol–water partition coefficient (Wildman–Crippen LogP) is 5.32. The Kier molecular flexibility index (Phi) is 7.44. The molecular formula is C26H41NO4. The minimum atomic E-state index is -0.714. The molecule has 2 amide bonds. The molecule has 1 N–H and O–H groups in total. The van der Waals surface area contributed by atoms with E-state index in [1.54, 1.807) is 24.3 Å². The van der Waals surface area contributed by atoms with Gasteiger partial charge in [-0.05, 0) is 61.5 Å². The number of imide groups is 1. The average molecular weight is 432 g/mol. The van der Waals surface area contributed by atoms with Gasteiger partial charge in [0.2, 0.25) is 0 Å². The van der Waals surface area contributed by atoms with E-state index in [1.165, 1.54) is 4.90 Å². The second kappa shape index (κ2) is 9.03. The molecule has 0 unspecified atom stereocenters. The molecule has 0 radical (unpaired) electrons. The van der Waals surface area contributed by atoms with E-state index in [-0.39, 0.29) is 28.1 Å². The van der Waals surface area contributed by atoms with Crippen LogP contribution in [0.5, 0.6) is 0 Å². The van der Waals surface area contributed by atoms with E-state index in [2.05, 4.69) is 41.5 Å². The molecule has 0 aromatic heterocycles. The second-order valence-corrected chi connectivity index (χ2v) is 12.2. The highest BCUT2D eigenvalue weighted by molar-refractivity contribution is 6.21. The highest BCUT2D eigenvalue weighted by Gasteiger charge is 2.37. The summed E-state index contributed by atoms with van der Waals surface area (Å²) in [6.07, 6.45) is 2.33. The van der Waals surface area contributed by atoms with Crippen molar-refractivity contribution in [1.29, 1.82) is 0 Å². The third-order valence-electron chi connectivity index (χ3n) is 5.74. The number of hydrogen-bond acceptors (Lipinski definition) is 4. The van der Waals surface area contributed by atoms with E-state index in [9.17, 15) is 14.7 Å². The maximum Gasteiger partial charge on any atom is 0.261 e. The molecule has 5 nitrogen and oxygen atoms in total. The molecule has 1 aromatic rings. The normalized spacial score (nSPS) is 15.6. The lowest BCUT2D eigenvalue weighted by Gasteiger charge is -2.37. The molecule has 0 atom stereocenters. The maximum atomic E-state index is 12.6. The van der Waals surface area contributed by atoms with Crippen molar-refractivity contribution in [3.8, 4) is 0 Å². The first-order chi connectivity index (χ1) is 14.0. The van der Waals surface area contributed by atoms with Crippen LogP contribution < -0.4 is 0 Å². The molecule has 0 spiro atoms. The van der Waals surface area contributed by atoms with Crippen LogP contribution >= 0.6 is 0 Å². The van der Waals surface area contributed by atoms with Gasteiger partial charge in [-0.2, -0.15) is 0 Å². The van der Waals surface area contributed by atoms with Gasteiger partial charge >= 0.3 is 0 Å². The summed E-state index contributed by atoms with van der Waals surface area (Å²) in [6.45, 7) is 18.3. The maximum absolute atomic E-state index is 12.6. The van der Waals surface area contributed by atoms with Gasteiger partial charge in [-0.3, -0.25) is 14.5 Å². The van der Waals surface area contributed by atoms with Crippen LogP contribution in [0.4, 0.5) is 0 Å². The van der Waals surface area contributed by atoms with Crippen molar-refractivity contribution in [3.63, 3.8) is 0 Å². The summed E-state index contributed by atoms with van der Waals surface area (Å²) in [7, 11) is 0. The monoisotopic (exact) mass is 431 g/mol. The molecule has 174 valence electrons. The molecule has 0 saturated heterocycles. The van der Waals surface area contributed by atoms with Crippen LogP contribution in [-0.4, -0.2) is 47.2 Å². The first-order valence-corrected chi connectivity index (χ1v) is 11.3. The van der Waals surface area contributed by atoms with Crippen LogP contribution in [-0.2, 0) is 4.74 Å². The molecular weight excluding hydrogens is 390 g/mol. The number of hydrogen-bond donors (Lipinski definition) is 1. The fourth-order valence-electron chi connectivity index (χ4n) is 5.12. The second-order valence-electron chi connectivity index (χ2n) is 12.2. The first-order valence-electron chi connectivity index (χ1n) is 11.3. The van der Waals surface area contributed by atoms with Gasteiger partial charge in [0.1, 0.15) is 0 Å². The number of carbonyl (C=O) groups is 2. The molecule has 0 bridgehead atoms. The Bertz CT molecular complexity index is 767. The molecule has 2 rings (SSSR count). The van der Waals surface area contributed by atoms with Crippen molar-refractivity contribution in [2.45, 2.75) is 80.3 Å². The Labute approximate surface area is 188 Å². The van der Waals surface area contributed by atoms with Crippen molar-refractivity contribution in [2.75, 3.05) is 19.8 Å². The van der Waals surface area contributed by atoms with Crippen LogP contribution in [0.1, 0.15) is 95.4 Å². The third kappa shape index (κ3) is 7.43. The Hall–Kier alpha value is -1.72. The third-order valence-corrected chi connectivity index (χ3v) is 5.74. The number of carbonyl (C=O) groups excluding carboxylic acids is 2. The van der Waals surface area contributed by atoms with Crippen LogP contribution in [0.15, 0.2) is 24.3 Å². The van der Waals surface area contributed by atoms with E-state index in [1.807, 2.05) is 13.8 Å². The van der Waals surface area contributed by atoms with Crippen molar-refractivity contribution in [1.82, 2.24) is 4.90 Å². The SMILES string of the molecule is CC(C)(O)CC(C)(C)COCC(C)(C)CC(C)(C)CCN1C(=O)c2ccccc2C1=O. The standard InChI is InChI=1S/C26H41NO4/c1-23(2,13-14-27-21(28)19-11-9-10-12-20(19)22(27)29)15-24(3,4)17-31-18-25(5,6)16-26(7,8)30/h9-12,30H,13-18H2,1-8H3. The molecule has 1 aromatic carbocycles. The summed E-state index contributed by atoms with van der Waals surface area (Å²) < 4.78 is 6.08.